The largest absolute Gasteiger partial charge is 0.448 e. The molecule has 82 valence electrons. The topological polar surface area (TPSA) is 90.4 Å². The molecule has 15 heavy (non-hydrogen) atoms. The number of carbonyl (C=O) groups is 1. The zero-order valence-electron chi connectivity index (χ0n) is 8.62. The van der Waals surface area contributed by atoms with E-state index in [9.17, 15) is 4.79 Å². The standard InChI is InChI=1S/C10H15N3O2/c1-7-3-2-4-8(9(7)11)13-5-6-15-10(12)14/h2-4,13H,5-6,11H2,1H3,(H2,12,14). The quantitative estimate of drug-likeness (QED) is 0.511. The van der Waals surface area contributed by atoms with Crippen LogP contribution in [0.25, 0.3) is 0 Å². The Balaban J connectivity index is 2.44. The average molecular weight is 209 g/mol. The van der Waals surface area contributed by atoms with E-state index in [4.69, 9.17) is 11.5 Å². The lowest BCUT2D eigenvalue weighted by molar-refractivity contribution is 0.161. The van der Waals surface area contributed by atoms with Gasteiger partial charge in [0.15, 0.2) is 0 Å². The van der Waals surface area contributed by atoms with Gasteiger partial charge in [0.05, 0.1) is 11.4 Å². The second-order valence-electron chi connectivity index (χ2n) is 3.13. The first-order valence-corrected chi connectivity index (χ1v) is 4.62. The minimum Gasteiger partial charge on any atom is -0.448 e. The molecule has 0 saturated carbocycles. The number of carbonyl (C=O) groups excluding carboxylic acids is 1. The van der Waals surface area contributed by atoms with Crippen molar-refractivity contribution in [1.82, 2.24) is 0 Å². The molecule has 0 unspecified atom stereocenters. The monoisotopic (exact) mass is 209 g/mol. The average Bonchev–Trinajstić information content (AvgIpc) is 2.18. The van der Waals surface area contributed by atoms with E-state index in [0.717, 1.165) is 11.3 Å². The van der Waals surface area contributed by atoms with Gasteiger partial charge in [0, 0.05) is 6.54 Å². The normalized spacial score (nSPS) is 9.67. The summed E-state index contributed by atoms with van der Waals surface area (Å²) < 4.78 is 4.57. The zero-order chi connectivity index (χ0) is 11.3. The third-order valence-electron chi connectivity index (χ3n) is 1.99. The summed E-state index contributed by atoms with van der Waals surface area (Å²) in [6.45, 7) is 2.64. The molecule has 5 N–H and O–H groups in total. The minimum atomic E-state index is -0.769. The number of nitrogens with one attached hydrogen (secondary N) is 1. The zero-order valence-corrected chi connectivity index (χ0v) is 8.62. The molecule has 1 amide bonds. The van der Waals surface area contributed by atoms with Gasteiger partial charge in [-0.3, -0.25) is 0 Å². The lowest BCUT2D eigenvalue weighted by Gasteiger charge is -2.10. The van der Waals surface area contributed by atoms with Crippen molar-refractivity contribution < 1.29 is 9.53 Å². The van der Waals surface area contributed by atoms with Crippen LogP contribution in [-0.2, 0) is 4.74 Å². The van der Waals surface area contributed by atoms with E-state index in [0.29, 0.717) is 12.2 Å². The first kappa shape index (κ1) is 11.2. The number of rotatable bonds is 4. The van der Waals surface area contributed by atoms with Gasteiger partial charge in [0.1, 0.15) is 6.61 Å². The van der Waals surface area contributed by atoms with Gasteiger partial charge < -0.3 is 21.5 Å². The summed E-state index contributed by atoms with van der Waals surface area (Å²) in [4.78, 5) is 10.3. The molecule has 0 fully saturated rings. The summed E-state index contributed by atoms with van der Waals surface area (Å²) in [7, 11) is 0. The maximum atomic E-state index is 10.3. The first-order chi connectivity index (χ1) is 7.11. The molecule has 5 nitrogen and oxygen atoms in total. The molecular formula is C10H15N3O2. The fraction of sp³-hybridized carbons (Fsp3) is 0.300. The molecule has 0 aliphatic heterocycles. The van der Waals surface area contributed by atoms with Crippen LogP contribution < -0.4 is 16.8 Å². The number of hydrogen-bond donors (Lipinski definition) is 3. The highest BCUT2D eigenvalue weighted by Crippen LogP contribution is 2.21. The van der Waals surface area contributed by atoms with Crippen LogP contribution in [0.1, 0.15) is 5.56 Å². The van der Waals surface area contributed by atoms with Crippen molar-refractivity contribution in [3.63, 3.8) is 0 Å². The van der Waals surface area contributed by atoms with Gasteiger partial charge in [-0.25, -0.2) is 4.79 Å². The highest BCUT2D eigenvalue weighted by atomic mass is 16.5. The number of benzene rings is 1. The van der Waals surface area contributed by atoms with Crippen molar-refractivity contribution in [2.75, 3.05) is 24.2 Å². The smallest absolute Gasteiger partial charge is 0.404 e. The predicted octanol–water partition coefficient (Wildman–Crippen LogP) is 1.08. The number of ether oxygens (including phenoxy) is 1. The second kappa shape index (κ2) is 5.09. The van der Waals surface area contributed by atoms with Crippen molar-refractivity contribution in [3.8, 4) is 0 Å². The highest BCUT2D eigenvalue weighted by Gasteiger charge is 2.00. The second-order valence-corrected chi connectivity index (χ2v) is 3.13. The minimum absolute atomic E-state index is 0.225. The van der Waals surface area contributed by atoms with Crippen molar-refractivity contribution in [3.05, 3.63) is 23.8 Å². The van der Waals surface area contributed by atoms with Crippen LogP contribution in [0.4, 0.5) is 16.2 Å². The molecule has 0 aliphatic carbocycles. The van der Waals surface area contributed by atoms with E-state index in [2.05, 4.69) is 10.1 Å². The van der Waals surface area contributed by atoms with E-state index in [1.807, 2.05) is 25.1 Å². The molecule has 0 spiro atoms. The van der Waals surface area contributed by atoms with Gasteiger partial charge in [0.25, 0.3) is 0 Å². The molecule has 5 heteroatoms. The van der Waals surface area contributed by atoms with E-state index < -0.39 is 6.09 Å². The van der Waals surface area contributed by atoms with Crippen LogP contribution in [0.3, 0.4) is 0 Å². The molecule has 0 saturated heterocycles. The molecular weight excluding hydrogens is 194 g/mol. The van der Waals surface area contributed by atoms with Crippen molar-refractivity contribution >= 4 is 17.5 Å². The van der Waals surface area contributed by atoms with E-state index in [-0.39, 0.29) is 6.61 Å². The highest BCUT2D eigenvalue weighted by molar-refractivity contribution is 5.69. The number of hydrogen-bond acceptors (Lipinski definition) is 4. The van der Waals surface area contributed by atoms with Crippen LogP contribution in [0.5, 0.6) is 0 Å². The third-order valence-corrected chi connectivity index (χ3v) is 1.99. The van der Waals surface area contributed by atoms with Gasteiger partial charge >= 0.3 is 6.09 Å². The summed E-state index contributed by atoms with van der Waals surface area (Å²) >= 11 is 0. The number of aryl methyl sites for hydroxylation is 1. The number of nitrogens with two attached hydrogens (primary N) is 2. The Labute approximate surface area is 88.4 Å². The summed E-state index contributed by atoms with van der Waals surface area (Å²) in [6, 6.07) is 5.70. The lowest BCUT2D eigenvalue weighted by Crippen LogP contribution is -2.18. The molecule has 1 aromatic rings. The summed E-state index contributed by atoms with van der Waals surface area (Å²) in [5, 5.41) is 3.05. The lowest BCUT2D eigenvalue weighted by atomic mass is 10.2. The Hall–Kier alpha value is -1.91. The maximum absolute atomic E-state index is 10.3. The van der Waals surface area contributed by atoms with Crippen molar-refractivity contribution in [2.24, 2.45) is 5.73 Å². The van der Waals surface area contributed by atoms with E-state index >= 15 is 0 Å². The van der Waals surface area contributed by atoms with Crippen LogP contribution in [0, 0.1) is 6.92 Å². The molecule has 1 rings (SSSR count). The number of nitrogen functional groups attached to an aromatic ring is 1. The molecule has 1 aromatic carbocycles. The fourth-order valence-corrected chi connectivity index (χ4v) is 1.17. The number of para-hydroxylation sites is 1. The van der Waals surface area contributed by atoms with Gasteiger partial charge in [-0.15, -0.1) is 0 Å². The van der Waals surface area contributed by atoms with E-state index in [1.54, 1.807) is 0 Å². The third kappa shape index (κ3) is 3.38. The predicted molar refractivity (Wildman–Crippen MR) is 59.6 cm³/mol. The Bertz CT molecular complexity index is 353. The molecule has 0 heterocycles. The Kier molecular flexibility index (Phi) is 3.79. The number of amides is 1. The summed E-state index contributed by atoms with van der Waals surface area (Å²) in [5.74, 6) is 0. The van der Waals surface area contributed by atoms with Crippen LogP contribution in [0.2, 0.25) is 0 Å². The molecule has 0 aliphatic rings. The molecule has 0 atom stereocenters. The summed E-state index contributed by atoms with van der Waals surface area (Å²) in [5.41, 5.74) is 13.2. The molecule has 0 aromatic heterocycles. The van der Waals surface area contributed by atoms with Gasteiger partial charge in [0.2, 0.25) is 0 Å². The molecule has 0 bridgehead atoms. The Morgan fingerprint density at radius 1 is 1.53 bits per heavy atom. The number of anilines is 2. The van der Waals surface area contributed by atoms with Crippen LogP contribution in [-0.4, -0.2) is 19.2 Å². The first-order valence-electron chi connectivity index (χ1n) is 4.62. The van der Waals surface area contributed by atoms with Gasteiger partial charge in [-0.1, -0.05) is 12.1 Å². The Morgan fingerprint density at radius 2 is 2.27 bits per heavy atom. The van der Waals surface area contributed by atoms with Gasteiger partial charge in [-0.05, 0) is 18.6 Å². The van der Waals surface area contributed by atoms with Crippen LogP contribution in [0.15, 0.2) is 18.2 Å². The van der Waals surface area contributed by atoms with Crippen molar-refractivity contribution in [1.29, 1.82) is 0 Å². The number of primary amides is 1. The van der Waals surface area contributed by atoms with Crippen molar-refractivity contribution in [2.45, 2.75) is 6.92 Å². The maximum Gasteiger partial charge on any atom is 0.404 e. The van der Waals surface area contributed by atoms with E-state index in [1.165, 1.54) is 0 Å². The SMILES string of the molecule is Cc1cccc(NCCOC(N)=O)c1N. The van der Waals surface area contributed by atoms with Gasteiger partial charge in [-0.2, -0.15) is 0 Å². The van der Waals surface area contributed by atoms with Crippen LogP contribution >= 0.6 is 0 Å². The molecule has 0 radical (unpaired) electrons. The summed E-state index contributed by atoms with van der Waals surface area (Å²) in [6.07, 6.45) is -0.769. The Morgan fingerprint density at radius 3 is 2.93 bits per heavy atom. The fourth-order valence-electron chi connectivity index (χ4n) is 1.17.